The third-order valence-corrected chi connectivity index (χ3v) is 4.74. The third kappa shape index (κ3) is 3.13. The molecule has 1 saturated heterocycles. The van der Waals surface area contributed by atoms with Crippen LogP contribution in [0.5, 0.6) is 0 Å². The second-order valence-electron chi connectivity index (χ2n) is 6.17. The Labute approximate surface area is 131 Å². The Bertz CT molecular complexity index is 532. The minimum absolute atomic E-state index is 0.0209. The minimum Gasteiger partial charge on any atom is -0.356 e. The Morgan fingerprint density at radius 1 is 1.18 bits per heavy atom. The standard InChI is InChI=1S/C17H23N3O2/c21-16-13-7-6-9-15(13)20(12-5-1-3-11-19-16)17(22)14-8-2-4-10-18-14/h2,4,8,10,13,15H,1,3,5-7,9,11-12H2,(H,19,21). The Balaban J connectivity index is 1.85. The van der Waals surface area contributed by atoms with Crippen molar-refractivity contribution in [3.8, 4) is 0 Å². The van der Waals surface area contributed by atoms with Crippen LogP contribution in [-0.4, -0.2) is 40.8 Å². The van der Waals surface area contributed by atoms with Gasteiger partial charge in [-0.15, -0.1) is 0 Å². The van der Waals surface area contributed by atoms with E-state index in [2.05, 4.69) is 10.3 Å². The molecule has 0 bridgehead atoms. The first-order valence-corrected chi connectivity index (χ1v) is 8.27. The lowest BCUT2D eigenvalue weighted by Gasteiger charge is -2.33. The predicted octanol–water partition coefficient (Wildman–Crippen LogP) is 1.99. The molecule has 2 heterocycles. The maximum absolute atomic E-state index is 12.8. The average Bonchev–Trinajstić information content (AvgIpc) is 3.03. The maximum Gasteiger partial charge on any atom is 0.272 e. The number of hydrogen-bond acceptors (Lipinski definition) is 3. The van der Waals surface area contributed by atoms with Gasteiger partial charge in [-0.25, -0.2) is 0 Å². The van der Waals surface area contributed by atoms with Gasteiger partial charge in [0.05, 0.1) is 5.92 Å². The largest absolute Gasteiger partial charge is 0.356 e. The molecule has 1 saturated carbocycles. The molecule has 2 fully saturated rings. The molecule has 3 rings (SSSR count). The number of aromatic nitrogens is 1. The summed E-state index contributed by atoms with van der Waals surface area (Å²) in [6.07, 6.45) is 7.44. The van der Waals surface area contributed by atoms with E-state index in [0.717, 1.165) is 51.6 Å². The van der Waals surface area contributed by atoms with Crippen molar-refractivity contribution in [3.05, 3.63) is 30.1 Å². The fourth-order valence-electron chi connectivity index (χ4n) is 3.60. The second kappa shape index (κ2) is 6.90. The molecular formula is C17H23N3O2. The van der Waals surface area contributed by atoms with Gasteiger partial charge < -0.3 is 10.2 Å². The number of rotatable bonds is 1. The van der Waals surface area contributed by atoms with E-state index in [4.69, 9.17) is 0 Å². The molecule has 5 heteroatoms. The van der Waals surface area contributed by atoms with Crippen LogP contribution in [0.2, 0.25) is 0 Å². The van der Waals surface area contributed by atoms with Gasteiger partial charge in [0.25, 0.3) is 5.91 Å². The second-order valence-corrected chi connectivity index (χ2v) is 6.17. The highest BCUT2D eigenvalue weighted by Crippen LogP contribution is 2.31. The molecule has 1 aliphatic carbocycles. The van der Waals surface area contributed by atoms with Crippen molar-refractivity contribution in [2.45, 2.75) is 44.6 Å². The van der Waals surface area contributed by atoms with E-state index in [1.54, 1.807) is 12.3 Å². The summed E-state index contributed by atoms with van der Waals surface area (Å²) in [5, 5.41) is 3.03. The Morgan fingerprint density at radius 3 is 2.91 bits per heavy atom. The topological polar surface area (TPSA) is 62.3 Å². The normalized spacial score (nSPS) is 26.2. The van der Waals surface area contributed by atoms with Gasteiger partial charge in [-0.3, -0.25) is 14.6 Å². The summed E-state index contributed by atoms with van der Waals surface area (Å²) in [4.78, 5) is 31.3. The van der Waals surface area contributed by atoms with E-state index >= 15 is 0 Å². The van der Waals surface area contributed by atoms with E-state index < -0.39 is 0 Å². The maximum atomic E-state index is 12.8. The van der Waals surface area contributed by atoms with Crippen molar-refractivity contribution in [2.75, 3.05) is 13.1 Å². The first-order valence-electron chi connectivity index (χ1n) is 8.27. The van der Waals surface area contributed by atoms with Crippen LogP contribution >= 0.6 is 0 Å². The Hall–Kier alpha value is -1.91. The number of nitrogens with one attached hydrogen (secondary N) is 1. The number of carbonyl (C=O) groups excluding carboxylic acids is 2. The molecule has 1 N–H and O–H groups in total. The van der Waals surface area contributed by atoms with Crippen molar-refractivity contribution >= 4 is 11.8 Å². The molecule has 0 spiro atoms. The summed E-state index contributed by atoms with van der Waals surface area (Å²) in [5.41, 5.74) is 0.477. The van der Waals surface area contributed by atoms with Gasteiger partial charge in [-0.2, -0.15) is 0 Å². The van der Waals surface area contributed by atoms with Crippen molar-refractivity contribution < 1.29 is 9.59 Å². The van der Waals surface area contributed by atoms with Crippen LogP contribution in [0, 0.1) is 5.92 Å². The molecule has 2 atom stereocenters. The van der Waals surface area contributed by atoms with Gasteiger partial charge in [0, 0.05) is 25.3 Å². The first-order chi connectivity index (χ1) is 10.8. The highest BCUT2D eigenvalue weighted by Gasteiger charge is 2.39. The summed E-state index contributed by atoms with van der Waals surface area (Å²) in [6.45, 7) is 1.49. The molecule has 118 valence electrons. The van der Waals surface area contributed by atoms with Crippen LogP contribution in [-0.2, 0) is 4.79 Å². The average molecular weight is 301 g/mol. The number of nitrogens with zero attached hydrogens (tertiary/aromatic N) is 2. The van der Waals surface area contributed by atoms with Crippen molar-refractivity contribution in [1.29, 1.82) is 0 Å². The molecular weight excluding hydrogens is 278 g/mol. The van der Waals surface area contributed by atoms with Crippen LogP contribution < -0.4 is 5.32 Å². The molecule has 1 aliphatic heterocycles. The predicted molar refractivity (Wildman–Crippen MR) is 83.3 cm³/mol. The van der Waals surface area contributed by atoms with Gasteiger partial charge >= 0.3 is 0 Å². The van der Waals surface area contributed by atoms with Crippen LogP contribution in [0.25, 0.3) is 0 Å². The van der Waals surface area contributed by atoms with E-state index in [0.29, 0.717) is 5.69 Å². The molecule has 1 aromatic heterocycles. The lowest BCUT2D eigenvalue weighted by molar-refractivity contribution is -0.126. The molecule has 22 heavy (non-hydrogen) atoms. The summed E-state index contributed by atoms with van der Waals surface area (Å²) in [6, 6.07) is 5.42. The zero-order valence-electron chi connectivity index (χ0n) is 12.8. The number of hydrogen-bond donors (Lipinski definition) is 1. The summed E-state index contributed by atoms with van der Waals surface area (Å²) in [5.74, 6) is 0.0138. The highest BCUT2D eigenvalue weighted by molar-refractivity contribution is 5.93. The molecule has 2 aliphatic rings. The lowest BCUT2D eigenvalue weighted by Crippen LogP contribution is -2.48. The summed E-state index contributed by atoms with van der Waals surface area (Å²) >= 11 is 0. The highest BCUT2D eigenvalue weighted by atomic mass is 16.2. The molecule has 1 aromatic rings. The van der Waals surface area contributed by atoms with Crippen LogP contribution in [0.3, 0.4) is 0 Å². The monoisotopic (exact) mass is 301 g/mol. The van der Waals surface area contributed by atoms with Crippen molar-refractivity contribution in [3.63, 3.8) is 0 Å². The third-order valence-electron chi connectivity index (χ3n) is 4.74. The van der Waals surface area contributed by atoms with Crippen LogP contribution in [0.4, 0.5) is 0 Å². The van der Waals surface area contributed by atoms with Gasteiger partial charge in [0.15, 0.2) is 0 Å². The minimum atomic E-state index is -0.0641. The fraction of sp³-hybridized carbons (Fsp3) is 0.588. The lowest BCUT2D eigenvalue weighted by atomic mass is 9.99. The van der Waals surface area contributed by atoms with Gasteiger partial charge in [-0.1, -0.05) is 12.5 Å². The van der Waals surface area contributed by atoms with E-state index in [-0.39, 0.29) is 23.8 Å². The first kappa shape index (κ1) is 15.0. The van der Waals surface area contributed by atoms with E-state index in [1.165, 1.54) is 0 Å². The molecule has 0 aromatic carbocycles. The van der Waals surface area contributed by atoms with E-state index in [9.17, 15) is 9.59 Å². The van der Waals surface area contributed by atoms with Gasteiger partial charge in [-0.05, 0) is 44.2 Å². The summed E-state index contributed by atoms with van der Waals surface area (Å²) < 4.78 is 0. The van der Waals surface area contributed by atoms with Crippen LogP contribution in [0.15, 0.2) is 24.4 Å². The summed E-state index contributed by atoms with van der Waals surface area (Å²) in [7, 11) is 0. The van der Waals surface area contributed by atoms with Gasteiger partial charge in [0.2, 0.25) is 5.91 Å². The zero-order valence-corrected chi connectivity index (χ0v) is 12.8. The van der Waals surface area contributed by atoms with Gasteiger partial charge in [0.1, 0.15) is 5.69 Å². The molecule has 5 nitrogen and oxygen atoms in total. The molecule has 0 radical (unpaired) electrons. The van der Waals surface area contributed by atoms with E-state index in [1.807, 2.05) is 17.0 Å². The number of carbonyl (C=O) groups is 2. The number of pyridine rings is 1. The zero-order chi connectivity index (χ0) is 15.4. The Kier molecular flexibility index (Phi) is 4.71. The smallest absolute Gasteiger partial charge is 0.272 e. The fourth-order valence-corrected chi connectivity index (χ4v) is 3.60. The number of amides is 2. The Morgan fingerprint density at radius 2 is 2.09 bits per heavy atom. The van der Waals surface area contributed by atoms with Crippen molar-refractivity contribution in [1.82, 2.24) is 15.2 Å². The quantitative estimate of drug-likeness (QED) is 0.863. The SMILES string of the molecule is O=C1NCCCCCN(C(=O)c2ccccn2)C2CCCC12. The molecule has 2 amide bonds. The molecule has 2 unspecified atom stereocenters. The van der Waals surface area contributed by atoms with Crippen molar-refractivity contribution in [2.24, 2.45) is 5.92 Å². The van der Waals surface area contributed by atoms with Crippen LogP contribution in [0.1, 0.15) is 49.0 Å². The number of fused-ring (bicyclic) bond motifs is 1.